The number of rotatable bonds is 2. The molecule has 1 amide bonds. The molecule has 0 saturated carbocycles. The van der Waals surface area contributed by atoms with Crippen LogP contribution in [-0.2, 0) is 6.42 Å². The summed E-state index contributed by atoms with van der Waals surface area (Å²) in [5.74, 6) is -0.0335. The summed E-state index contributed by atoms with van der Waals surface area (Å²) in [6.07, 6.45) is 5.66. The third kappa shape index (κ3) is 1.88. The van der Waals surface area contributed by atoms with Gasteiger partial charge >= 0.3 is 0 Å². The van der Waals surface area contributed by atoms with Crippen LogP contribution < -0.4 is 10.2 Å². The van der Waals surface area contributed by atoms with Crippen molar-refractivity contribution in [1.29, 1.82) is 0 Å². The lowest BCUT2D eigenvalue weighted by molar-refractivity contribution is 0.0956. The number of thiophene rings is 1. The van der Waals surface area contributed by atoms with Crippen molar-refractivity contribution in [3.05, 3.63) is 22.8 Å². The molecule has 4 rings (SSSR count). The number of nitrogens with zero attached hydrogens (tertiary/aromatic N) is 2. The second kappa shape index (κ2) is 4.85. The minimum atomic E-state index is -0.0407. The van der Waals surface area contributed by atoms with E-state index >= 15 is 0 Å². The minimum absolute atomic E-state index is 0.0335. The Bertz CT molecular complexity index is 679. The van der Waals surface area contributed by atoms with E-state index in [0.29, 0.717) is 6.54 Å². The Hall–Kier alpha value is -1.86. The first-order valence-corrected chi connectivity index (χ1v) is 7.91. The summed E-state index contributed by atoms with van der Waals surface area (Å²) < 4.78 is 0. The van der Waals surface area contributed by atoms with Crippen molar-refractivity contribution in [2.24, 2.45) is 0 Å². The van der Waals surface area contributed by atoms with E-state index in [4.69, 9.17) is 0 Å². The number of H-pyrrole nitrogens is 1. The monoisotopic (exact) mass is 304 g/mol. The van der Waals surface area contributed by atoms with Gasteiger partial charge in [-0.2, -0.15) is 5.10 Å². The standard InChI is InChI=1S/C14H16N4O2S/c19-7-9-6-15-14(20)13-11-10(2-1-3-18(9)11)12(21-13)8-4-16-17-5-8/h4-5,9,19H,1-3,6-7H2,(H,15,20)(H,16,17)/t9-/m1/s1. The molecule has 0 aromatic carbocycles. The molecule has 1 atom stereocenters. The molecule has 0 fully saturated rings. The zero-order valence-electron chi connectivity index (χ0n) is 11.4. The van der Waals surface area contributed by atoms with E-state index in [1.807, 2.05) is 6.20 Å². The average molecular weight is 304 g/mol. The van der Waals surface area contributed by atoms with Crippen molar-refractivity contribution in [2.75, 3.05) is 24.6 Å². The number of aromatic amines is 1. The molecule has 2 aliphatic rings. The highest BCUT2D eigenvalue weighted by Gasteiger charge is 2.35. The van der Waals surface area contributed by atoms with E-state index in [-0.39, 0.29) is 18.6 Å². The largest absolute Gasteiger partial charge is 0.394 e. The molecule has 0 unspecified atom stereocenters. The fourth-order valence-electron chi connectivity index (χ4n) is 3.22. The number of aliphatic hydroxyl groups is 1. The summed E-state index contributed by atoms with van der Waals surface area (Å²) in [4.78, 5) is 16.4. The summed E-state index contributed by atoms with van der Waals surface area (Å²) in [6, 6.07) is -0.0407. The third-order valence-electron chi connectivity index (χ3n) is 4.21. The topological polar surface area (TPSA) is 81.2 Å². The predicted molar refractivity (Wildman–Crippen MR) is 80.8 cm³/mol. The molecule has 7 heteroatoms. The molecule has 2 aromatic rings. The van der Waals surface area contributed by atoms with Crippen molar-refractivity contribution in [3.8, 4) is 10.4 Å². The maximum Gasteiger partial charge on any atom is 0.263 e. The zero-order valence-corrected chi connectivity index (χ0v) is 12.2. The molecule has 110 valence electrons. The summed E-state index contributed by atoms with van der Waals surface area (Å²) >= 11 is 1.53. The second-order valence-corrected chi connectivity index (χ2v) is 6.44. The normalized spacial score (nSPS) is 20.9. The smallest absolute Gasteiger partial charge is 0.263 e. The van der Waals surface area contributed by atoms with Crippen molar-refractivity contribution in [2.45, 2.75) is 18.9 Å². The summed E-state index contributed by atoms with van der Waals surface area (Å²) in [5.41, 5.74) is 3.27. The van der Waals surface area contributed by atoms with Crippen LogP contribution in [0.15, 0.2) is 12.4 Å². The fraction of sp³-hybridized carbons (Fsp3) is 0.429. The lowest BCUT2D eigenvalue weighted by Crippen LogP contribution is -2.45. The van der Waals surface area contributed by atoms with Crippen molar-refractivity contribution < 1.29 is 9.90 Å². The Kier molecular flexibility index (Phi) is 2.97. The molecule has 4 heterocycles. The third-order valence-corrected chi connectivity index (χ3v) is 5.48. The molecule has 2 aromatic heterocycles. The summed E-state index contributed by atoms with van der Waals surface area (Å²) in [7, 11) is 0. The quantitative estimate of drug-likeness (QED) is 0.773. The van der Waals surface area contributed by atoms with Gasteiger partial charge < -0.3 is 15.3 Å². The lowest BCUT2D eigenvalue weighted by Gasteiger charge is -2.34. The number of hydrogen-bond acceptors (Lipinski definition) is 5. The lowest BCUT2D eigenvalue weighted by atomic mass is 9.99. The number of carbonyl (C=O) groups excluding carboxylic acids is 1. The Morgan fingerprint density at radius 3 is 3.14 bits per heavy atom. The zero-order chi connectivity index (χ0) is 14.4. The van der Waals surface area contributed by atoms with Gasteiger partial charge in [0.15, 0.2) is 0 Å². The van der Waals surface area contributed by atoms with Crippen LogP contribution in [0.2, 0.25) is 0 Å². The first-order valence-electron chi connectivity index (χ1n) is 7.10. The summed E-state index contributed by atoms with van der Waals surface area (Å²) in [6.45, 7) is 1.44. The van der Waals surface area contributed by atoms with Gasteiger partial charge in [0.1, 0.15) is 4.88 Å². The van der Waals surface area contributed by atoms with Gasteiger partial charge in [0.2, 0.25) is 0 Å². The highest BCUT2D eigenvalue weighted by Crippen LogP contribution is 2.45. The molecule has 2 aliphatic heterocycles. The van der Waals surface area contributed by atoms with Crippen LogP contribution >= 0.6 is 11.3 Å². The Morgan fingerprint density at radius 1 is 1.48 bits per heavy atom. The van der Waals surface area contributed by atoms with Crippen LogP contribution in [-0.4, -0.2) is 46.9 Å². The van der Waals surface area contributed by atoms with Gasteiger partial charge in [0.05, 0.1) is 24.5 Å². The minimum Gasteiger partial charge on any atom is -0.394 e. The van der Waals surface area contributed by atoms with Crippen molar-refractivity contribution in [1.82, 2.24) is 15.5 Å². The number of carbonyl (C=O) groups is 1. The van der Waals surface area contributed by atoms with E-state index in [0.717, 1.165) is 40.4 Å². The van der Waals surface area contributed by atoms with E-state index in [9.17, 15) is 9.90 Å². The van der Waals surface area contributed by atoms with E-state index < -0.39 is 0 Å². The Labute approximate surface area is 125 Å². The molecule has 21 heavy (non-hydrogen) atoms. The second-order valence-electron chi connectivity index (χ2n) is 5.42. The molecular formula is C14H16N4O2S. The van der Waals surface area contributed by atoms with Crippen LogP contribution in [0.3, 0.4) is 0 Å². The molecule has 0 spiro atoms. The molecule has 3 N–H and O–H groups in total. The van der Waals surface area contributed by atoms with E-state index in [1.54, 1.807) is 6.20 Å². The van der Waals surface area contributed by atoms with Gasteiger partial charge in [-0.05, 0) is 18.4 Å². The van der Waals surface area contributed by atoms with Crippen LogP contribution in [0.4, 0.5) is 5.69 Å². The maximum absolute atomic E-state index is 12.4. The Balaban J connectivity index is 1.92. The maximum atomic E-state index is 12.4. The van der Waals surface area contributed by atoms with E-state index in [2.05, 4.69) is 20.4 Å². The highest BCUT2D eigenvalue weighted by molar-refractivity contribution is 7.18. The average Bonchev–Trinajstić information content (AvgIpc) is 3.11. The number of hydrogen-bond donors (Lipinski definition) is 3. The molecule has 0 aliphatic carbocycles. The van der Waals surface area contributed by atoms with E-state index in [1.165, 1.54) is 16.9 Å². The van der Waals surface area contributed by atoms with Gasteiger partial charge in [-0.3, -0.25) is 9.89 Å². The number of nitrogens with one attached hydrogen (secondary N) is 2. The van der Waals surface area contributed by atoms with Crippen molar-refractivity contribution in [3.63, 3.8) is 0 Å². The fourth-order valence-corrected chi connectivity index (χ4v) is 4.48. The Morgan fingerprint density at radius 2 is 2.38 bits per heavy atom. The SMILES string of the molecule is O=C1NC[C@H](CO)N2CCCc3c(-c4cn[nH]c4)sc1c32. The summed E-state index contributed by atoms with van der Waals surface area (Å²) in [5, 5.41) is 19.4. The van der Waals surface area contributed by atoms with Gasteiger partial charge in [0, 0.05) is 29.7 Å². The first-order chi connectivity index (χ1) is 10.3. The predicted octanol–water partition coefficient (Wildman–Crippen LogP) is 0.995. The van der Waals surface area contributed by atoms with Gasteiger partial charge in [-0.1, -0.05) is 0 Å². The highest BCUT2D eigenvalue weighted by atomic mass is 32.1. The van der Waals surface area contributed by atoms with Gasteiger partial charge in [-0.25, -0.2) is 0 Å². The number of aliphatic hydroxyl groups excluding tert-OH is 1. The van der Waals surface area contributed by atoms with Crippen LogP contribution in [0.25, 0.3) is 10.4 Å². The number of anilines is 1. The molecule has 0 saturated heterocycles. The number of aromatic nitrogens is 2. The van der Waals surface area contributed by atoms with Crippen molar-refractivity contribution >= 4 is 22.9 Å². The molecule has 0 radical (unpaired) electrons. The molecule has 0 bridgehead atoms. The van der Waals surface area contributed by atoms with Gasteiger partial charge in [0.25, 0.3) is 5.91 Å². The number of amides is 1. The first kappa shape index (κ1) is 12.8. The van der Waals surface area contributed by atoms with Gasteiger partial charge in [-0.15, -0.1) is 11.3 Å². The molecular weight excluding hydrogens is 288 g/mol. The molecule has 6 nitrogen and oxygen atoms in total. The van der Waals surface area contributed by atoms with Crippen LogP contribution in [0, 0.1) is 0 Å². The van der Waals surface area contributed by atoms with Crippen LogP contribution in [0.1, 0.15) is 21.7 Å². The van der Waals surface area contributed by atoms with Crippen LogP contribution in [0.5, 0.6) is 0 Å².